The van der Waals surface area contributed by atoms with Crippen molar-refractivity contribution in [3.63, 3.8) is 0 Å². The summed E-state index contributed by atoms with van der Waals surface area (Å²) in [4.78, 5) is 12.4. The number of rotatable bonds is 6. The molecular formula is C16H18N2O3S. The summed E-state index contributed by atoms with van der Waals surface area (Å²) in [5.74, 6) is 0. The third-order valence-electron chi connectivity index (χ3n) is 3.30. The van der Waals surface area contributed by atoms with Crippen LogP contribution in [0.25, 0.3) is 0 Å². The van der Waals surface area contributed by atoms with E-state index in [9.17, 15) is 10.1 Å². The average molecular weight is 318 g/mol. The third kappa shape index (κ3) is 4.07. The van der Waals surface area contributed by atoms with E-state index in [0.717, 1.165) is 10.5 Å². The van der Waals surface area contributed by atoms with Gasteiger partial charge in [0.15, 0.2) is 0 Å². The molecule has 0 saturated heterocycles. The van der Waals surface area contributed by atoms with E-state index in [1.165, 1.54) is 17.8 Å². The summed E-state index contributed by atoms with van der Waals surface area (Å²) in [7, 11) is 0. The maximum atomic E-state index is 11.3. The van der Waals surface area contributed by atoms with E-state index in [4.69, 9.17) is 10.8 Å². The zero-order chi connectivity index (χ0) is 16.1. The standard InChI is InChI=1S/C16H18N2O3S/c1-11-2-5-13(6-3-11)22-16-7-4-12(14(17)8-9-19)10-15(16)18(20)21/h2-7,10,14,19H,8-9,17H2,1H3. The van der Waals surface area contributed by atoms with Gasteiger partial charge in [-0.15, -0.1) is 0 Å². The van der Waals surface area contributed by atoms with Gasteiger partial charge in [0.05, 0.1) is 9.82 Å². The first-order valence-corrected chi connectivity index (χ1v) is 7.72. The molecule has 0 amide bonds. The highest BCUT2D eigenvalue weighted by molar-refractivity contribution is 7.99. The predicted octanol–water partition coefficient (Wildman–Crippen LogP) is 3.44. The van der Waals surface area contributed by atoms with E-state index in [1.54, 1.807) is 12.1 Å². The summed E-state index contributed by atoms with van der Waals surface area (Å²) in [6.07, 6.45) is 0.377. The molecule has 0 aliphatic heterocycles. The molecule has 0 heterocycles. The van der Waals surface area contributed by atoms with Crippen molar-refractivity contribution >= 4 is 17.4 Å². The molecule has 0 aliphatic rings. The Morgan fingerprint density at radius 3 is 2.55 bits per heavy atom. The summed E-state index contributed by atoms with van der Waals surface area (Å²) in [5, 5.41) is 20.2. The van der Waals surface area contributed by atoms with Crippen molar-refractivity contribution in [1.29, 1.82) is 0 Å². The van der Waals surface area contributed by atoms with Crippen LogP contribution in [-0.4, -0.2) is 16.6 Å². The Morgan fingerprint density at radius 1 is 1.27 bits per heavy atom. The molecule has 5 nitrogen and oxygen atoms in total. The van der Waals surface area contributed by atoms with Gasteiger partial charge in [0, 0.05) is 23.6 Å². The number of nitrogens with two attached hydrogens (primary N) is 1. The Kier molecular flexibility index (Phi) is 5.54. The summed E-state index contributed by atoms with van der Waals surface area (Å²) in [5.41, 5.74) is 7.75. The number of hydrogen-bond acceptors (Lipinski definition) is 5. The number of benzene rings is 2. The van der Waals surface area contributed by atoms with Crippen LogP contribution in [0.5, 0.6) is 0 Å². The minimum atomic E-state index is -0.401. The zero-order valence-corrected chi connectivity index (χ0v) is 13.0. The van der Waals surface area contributed by atoms with Crippen LogP contribution in [-0.2, 0) is 0 Å². The van der Waals surface area contributed by atoms with Crippen LogP contribution in [0.4, 0.5) is 5.69 Å². The molecule has 0 aliphatic carbocycles. The molecule has 0 bridgehead atoms. The van der Waals surface area contributed by atoms with E-state index in [1.807, 2.05) is 31.2 Å². The highest BCUT2D eigenvalue weighted by Crippen LogP contribution is 2.36. The van der Waals surface area contributed by atoms with Crippen LogP contribution in [0.3, 0.4) is 0 Å². The first-order valence-electron chi connectivity index (χ1n) is 6.90. The number of hydrogen-bond donors (Lipinski definition) is 2. The molecule has 0 fully saturated rings. The van der Waals surface area contributed by atoms with Crippen molar-refractivity contribution in [3.05, 3.63) is 63.7 Å². The Morgan fingerprint density at radius 2 is 1.95 bits per heavy atom. The molecule has 3 N–H and O–H groups in total. The molecule has 1 atom stereocenters. The Balaban J connectivity index is 2.30. The second-order valence-corrected chi connectivity index (χ2v) is 6.13. The number of aliphatic hydroxyl groups is 1. The minimum absolute atomic E-state index is 0.0384. The van der Waals surface area contributed by atoms with Crippen LogP contribution >= 0.6 is 11.8 Å². The maximum absolute atomic E-state index is 11.3. The van der Waals surface area contributed by atoms with Crippen molar-refractivity contribution in [1.82, 2.24) is 0 Å². The van der Waals surface area contributed by atoms with Crippen LogP contribution in [0, 0.1) is 17.0 Å². The lowest BCUT2D eigenvalue weighted by Crippen LogP contribution is -2.12. The molecule has 0 spiro atoms. The van der Waals surface area contributed by atoms with Gasteiger partial charge in [-0.3, -0.25) is 10.1 Å². The van der Waals surface area contributed by atoms with Gasteiger partial charge in [-0.1, -0.05) is 35.5 Å². The van der Waals surface area contributed by atoms with E-state index in [2.05, 4.69) is 0 Å². The van der Waals surface area contributed by atoms with Crippen molar-refractivity contribution in [2.45, 2.75) is 29.2 Å². The van der Waals surface area contributed by atoms with E-state index in [0.29, 0.717) is 16.9 Å². The molecule has 2 aromatic rings. The highest BCUT2D eigenvalue weighted by Gasteiger charge is 2.18. The average Bonchev–Trinajstić information content (AvgIpc) is 2.50. The number of nitrogens with zero attached hydrogens (tertiary/aromatic N) is 1. The fraction of sp³-hybridized carbons (Fsp3) is 0.250. The second kappa shape index (κ2) is 7.40. The number of nitro benzene ring substituents is 1. The third-order valence-corrected chi connectivity index (χ3v) is 4.37. The smallest absolute Gasteiger partial charge is 0.283 e. The molecular weight excluding hydrogens is 300 g/mol. The SMILES string of the molecule is Cc1ccc(Sc2ccc(C(N)CCO)cc2[N+](=O)[O-])cc1. The normalized spacial score (nSPS) is 12.1. The zero-order valence-electron chi connectivity index (χ0n) is 12.2. The molecule has 0 aromatic heterocycles. The molecule has 0 saturated carbocycles. The van der Waals surface area contributed by atoms with Crippen LogP contribution < -0.4 is 5.73 Å². The van der Waals surface area contributed by atoms with E-state index in [-0.39, 0.29) is 12.3 Å². The molecule has 116 valence electrons. The number of nitro groups is 1. The lowest BCUT2D eigenvalue weighted by atomic mass is 10.0. The Bertz CT molecular complexity index is 659. The van der Waals surface area contributed by atoms with E-state index < -0.39 is 11.0 Å². The van der Waals surface area contributed by atoms with E-state index >= 15 is 0 Å². The topological polar surface area (TPSA) is 89.4 Å². The van der Waals surface area contributed by atoms with Gasteiger partial charge >= 0.3 is 0 Å². The fourth-order valence-electron chi connectivity index (χ4n) is 2.03. The van der Waals surface area contributed by atoms with Crippen LogP contribution in [0.15, 0.2) is 52.3 Å². The maximum Gasteiger partial charge on any atom is 0.283 e. The first-order chi connectivity index (χ1) is 10.5. The second-order valence-electron chi connectivity index (χ2n) is 5.02. The van der Waals surface area contributed by atoms with Crippen molar-refractivity contribution in [3.8, 4) is 0 Å². The monoisotopic (exact) mass is 318 g/mol. The molecule has 1 unspecified atom stereocenters. The van der Waals surface area contributed by atoms with Crippen molar-refractivity contribution < 1.29 is 10.0 Å². The van der Waals surface area contributed by atoms with Gasteiger partial charge in [-0.2, -0.15) is 0 Å². The summed E-state index contributed by atoms with van der Waals surface area (Å²) in [6.45, 7) is 1.95. The molecule has 22 heavy (non-hydrogen) atoms. The molecule has 0 radical (unpaired) electrons. The Labute approximate surface area is 133 Å². The number of aryl methyl sites for hydroxylation is 1. The van der Waals surface area contributed by atoms with Crippen LogP contribution in [0.2, 0.25) is 0 Å². The predicted molar refractivity (Wildman–Crippen MR) is 87.0 cm³/mol. The van der Waals surface area contributed by atoms with Crippen molar-refractivity contribution in [2.75, 3.05) is 6.61 Å². The van der Waals surface area contributed by atoms with Gasteiger partial charge in [0.25, 0.3) is 5.69 Å². The lowest BCUT2D eigenvalue weighted by Gasteiger charge is -2.11. The van der Waals surface area contributed by atoms with Gasteiger partial charge in [0.2, 0.25) is 0 Å². The van der Waals surface area contributed by atoms with Crippen molar-refractivity contribution in [2.24, 2.45) is 5.73 Å². The quantitative estimate of drug-likeness (QED) is 0.629. The highest BCUT2D eigenvalue weighted by atomic mass is 32.2. The van der Waals surface area contributed by atoms with Gasteiger partial charge in [-0.05, 0) is 37.1 Å². The number of aliphatic hydroxyl groups excluding tert-OH is 1. The lowest BCUT2D eigenvalue weighted by molar-refractivity contribution is -0.387. The van der Waals surface area contributed by atoms with Crippen LogP contribution in [0.1, 0.15) is 23.6 Å². The Hall–Kier alpha value is -1.89. The molecule has 6 heteroatoms. The van der Waals surface area contributed by atoms with Gasteiger partial charge < -0.3 is 10.8 Å². The van der Waals surface area contributed by atoms with Gasteiger partial charge in [-0.25, -0.2) is 0 Å². The molecule has 2 aromatic carbocycles. The summed E-state index contributed by atoms with van der Waals surface area (Å²) >= 11 is 1.35. The largest absolute Gasteiger partial charge is 0.396 e. The molecule has 2 rings (SSSR count). The summed E-state index contributed by atoms with van der Waals surface area (Å²) < 4.78 is 0. The van der Waals surface area contributed by atoms with Gasteiger partial charge in [0.1, 0.15) is 0 Å². The fourth-order valence-corrected chi connectivity index (χ4v) is 2.93. The minimum Gasteiger partial charge on any atom is -0.396 e. The first kappa shape index (κ1) is 16.5. The summed E-state index contributed by atoms with van der Waals surface area (Å²) in [6, 6.07) is 12.4.